The number of para-hydroxylation sites is 1. The molecule has 1 atom stereocenters. The van der Waals surface area contributed by atoms with Crippen LogP contribution in [0.4, 0.5) is 5.82 Å². The summed E-state index contributed by atoms with van der Waals surface area (Å²) >= 11 is 0. The third kappa shape index (κ3) is 3.67. The van der Waals surface area contributed by atoms with E-state index in [4.69, 9.17) is 5.73 Å². The summed E-state index contributed by atoms with van der Waals surface area (Å²) in [4.78, 5) is 4.66. The Morgan fingerprint density at radius 1 is 1.26 bits per heavy atom. The van der Waals surface area contributed by atoms with Gasteiger partial charge in [0, 0.05) is 18.0 Å². The van der Waals surface area contributed by atoms with E-state index in [0.29, 0.717) is 5.92 Å². The van der Waals surface area contributed by atoms with Crippen LogP contribution in [0.1, 0.15) is 25.8 Å². The lowest BCUT2D eigenvalue weighted by Gasteiger charge is -2.16. The molecule has 0 aliphatic heterocycles. The molecule has 0 radical (unpaired) electrons. The van der Waals surface area contributed by atoms with Crippen molar-refractivity contribution in [2.45, 2.75) is 33.2 Å². The number of benzene rings is 1. The van der Waals surface area contributed by atoms with Crippen molar-refractivity contribution in [2.75, 3.05) is 11.9 Å². The highest BCUT2D eigenvalue weighted by Gasteiger charge is 2.07. The van der Waals surface area contributed by atoms with Crippen LogP contribution in [0.15, 0.2) is 30.3 Å². The predicted octanol–water partition coefficient (Wildman–Crippen LogP) is 3.33. The zero-order valence-electron chi connectivity index (χ0n) is 12.0. The number of hydrogen-bond donors (Lipinski definition) is 2. The number of fused-ring (bicyclic) bond motifs is 1. The number of hydrogen-bond acceptors (Lipinski definition) is 3. The number of aryl methyl sites for hydroxylation is 1. The molecule has 3 heteroatoms. The molecule has 1 unspecified atom stereocenters. The van der Waals surface area contributed by atoms with Crippen LogP contribution in [0.3, 0.4) is 0 Å². The van der Waals surface area contributed by atoms with Gasteiger partial charge in [0.05, 0.1) is 5.52 Å². The molecule has 1 aromatic heterocycles. The zero-order chi connectivity index (χ0) is 13.8. The Labute approximate surface area is 115 Å². The summed E-state index contributed by atoms with van der Waals surface area (Å²) in [6.07, 6.45) is 1.03. The molecule has 2 aromatic rings. The first-order valence-electron chi connectivity index (χ1n) is 6.92. The predicted molar refractivity (Wildman–Crippen MR) is 82.4 cm³/mol. The van der Waals surface area contributed by atoms with Crippen LogP contribution in [-0.4, -0.2) is 17.6 Å². The lowest BCUT2D eigenvalue weighted by Crippen LogP contribution is -2.30. The van der Waals surface area contributed by atoms with Gasteiger partial charge in [-0.25, -0.2) is 4.98 Å². The number of rotatable bonds is 5. The first kappa shape index (κ1) is 13.8. The van der Waals surface area contributed by atoms with Gasteiger partial charge in [0.15, 0.2) is 0 Å². The van der Waals surface area contributed by atoms with Crippen molar-refractivity contribution in [2.24, 2.45) is 11.7 Å². The van der Waals surface area contributed by atoms with Crippen molar-refractivity contribution in [1.29, 1.82) is 0 Å². The topological polar surface area (TPSA) is 50.9 Å². The lowest BCUT2D eigenvalue weighted by atomic mass is 10.0. The van der Waals surface area contributed by atoms with E-state index >= 15 is 0 Å². The third-order valence-corrected chi connectivity index (χ3v) is 3.22. The Morgan fingerprint density at radius 3 is 2.74 bits per heavy atom. The van der Waals surface area contributed by atoms with Gasteiger partial charge in [-0.1, -0.05) is 32.0 Å². The van der Waals surface area contributed by atoms with Crippen LogP contribution < -0.4 is 11.1 Å². The fourth-order valence-corrected chi connectivity index (χ4v) is 2.32. The number of nitrogens with two attached hydrogens (primary N) is 1. The van der Waals surface area contributed by atoms with Gasteiger partial charge < -0.3 is 11.1 Å². The first-order valence-corrected chi connectivity index (χ1v) is 6.92. The molecule has 0 spiro atoms. The minimum absolute atomic E-state index is 0.174. The number of anilines is 1. The maximum atomic E-state index is 6.09. The van der Waals surface area contributed by atoms with E-state index in [9.17, 15) is 0 Å². The van der Waals surface area contributed by atoms with Crippen molar-refractivity contribution in [3.63, 3.8) is 0 Å². The fraction of sp³-hybridized carbons (Fsp3) is 0.438. The van der Waals surface area contributed by atoms with Gasteiger partial charge in [0.1, 0.15) is 5.82 Å². The summed E-state index contributed by atoms with van der Waals surface area (Å²) in [5, 5.41) is 4.55. The van der Waals surface area contributed by atoms with E-state index in [-0.39, 0.29) is 6.04 Å². The Hall–Kier alpha value is -1.61. The van der Waals surface area contributed by atoms with E-state index in [0.717, 1.165) is 29.9 Å². The summed E-state index contributed by atoms with van der Waals surface area (Å²) in [7, 11) is 0. The summed E-state index contributed by atoms with van der Waals surface area (Å²) in [5.41, 5.74) is 8.28. The largest absolute Gasteiger partial charge is 0.368 e. The number of nitrogens with one attached hydrogen (secondary N) is 1. The standard InChI is InChI=1S/C16H23N3/c1-11(2)8-14(17)10-18-16-12(3)9-13-6-4-5-7-15(13)19-16/h4-7,9,11,14H,8,10,17H2,1-3H3,(H,18,19). The quantitative estimate of drug-likeness (QED) is 0.864. The first-order chi connectivity index (χ1) is 9.06. The minimum Gasteiger partial charge on any atom is -0.368 e. The van der Waals surface area contributed by atoms with Crippen molar-refractivity contribution in [3.05, 3.63) is 35.9 Å². The highest BCUT2D eigenvalue weighted by molar-refractivity contribution is 5.81. The molecule has 0 bridgehead atoms. The van der Waals surface area contributed by atoms with E-state index in [2.05, 4.69) is 43.2 Å². The van der Waals surface area contributed by atoms with Gasteiger partial charge in [0.2, 0.25) is 0 Å². The van der Waals surface area contributed by atoms with Crippen LogP contribution in [0, 0.1) is 12.8 Å². The van der Waals surface area contributed by atoms with Gasteiger partial charge in [-0.2, -0.15) is 0 Å². The number of aromatic nitrogens is 1. The highest BCUT2D eigenvalue weighted by Crippen LogP contribution is 2.19. The molecule has 3 nitrogen and oxygen atoms in total. The molecule has 0 amide bonds. The van der Waals surface area contributed by atoms with E-state index in [1.807, 2.05) is 18.2 Å². The Balaban J connectivity index is 2.10. The van der Waals surface area contributed by atoms with Crippen molar-refractivity contribution < 1.29 is 0 Å². The zero-order valence-corrected chi connectivity index (χ0v) is 12.0. The molecule has 0 aliphatic carbocycles. The number of nitrogens with zero attached hydrogens (tertiary/aromatic N) is 1. The molecule has 102 valence electrons. The van der Waals surface area contributed by atoms with Crippen LogP contribution in [0.5, 0.6) is 0 Å². The van der Waals surface area contributed by atoms with Crippen LogP contribution in [0.25, 0.3) is 10.9 Å². The van der Waals surface area contributed by atoms with E-state index < -0.39 is 0 Å². The summed E-state index contributed by atoms with van der Waals surface area (Å²) in [6, 6.07) is 10.5. The Bertz CT molecular complexity index is 549. The van der Waals surface area contributed by atoms with E-state index in [1.54, 1.807) is 0 Å². The maximum Gasteiger partial charge on any atom is 0.129 e. The average molecular weight is 257 g/mol. The molecule has 1 aromatic carbocycles. The molecule has 2 rings (SSSR count). The SMILES string of the molecule is Cc1cc2ccccc2nc1NCC(N)CC(C)C. The van der Waals surface area contributed by atoms with Gasteiger partial charge >= 0.3 is 0 Å². The Morgan fingerprint density at radius 2 is 2.00 bits per heavy atom. The number of pyridine rings is 1. The monoisotopic (exact) mass is 257 g/mol. The van der Waals surface area contributed by atoms with Crippen molar-refractivity contribution >= 4 is 16.7 Å². The molecule has 0 saturated carbocycles. The minimum atomic E-state index is 0.174. The summed E-state index contributed by atoms with van der Waals surface area (Å²) in [5.74, 6) is 1.57. The molecular formula is C16H23N3. The normalized spacial score (nSPS) is 12.9. The molecule has 3 N–H and O–H groups in total. The summed E-state index contributed by atoms with van der Waals surface area (Å²) < 4.78 is 0. The molecule has 0 saturated heterocycles. The third-order valence-electron chi connectivity index (χ3n) is 3.22. The second-order valence-corrected chi connectivity index (χ2v) is 5.62. The molecule has 0 fully saturated rings. The van der Waals surface area contributed by atoms with Gasteiger partial charge in [-0.05, 0) is 37.0 Å². The van der Waals surface area contributed by atoms with Crippen LogP contribution in [0.2, 0.25) is 0 Å². The van der Waals surface area contributed by atoms with Gasteiger partial charge in [-0.15, -0.1) is 0 Å². The van der Waals surface area contributed by atoms with Crippen LogP contribution >= 0.6 is 0 Å². The summed E-state index contributed by atoms with van der Waals surface area (Å²) in [6.45, 7) is 7.23. The van der Waals surface area contributed by atoms with Crippen LogP contribution in [-0.2, 0) is 0 Å². The molecule has 19 heavy (non-hydrogen) atoms. The molecular weight excluding hydrogens is 234 g/mol. The Kier molecular flexibility index (Phi) is 4.38. The second kappa shape index (κ2) is 6.02. The van der Waals surface area contributed by atoms with Gasteiger partial charge in [-0.3, -0.25) is 0 Å². The average Bonchev–Trinajstić information content (AvgIpc) is 2.35. The van der Waals surface area contributed by atoms with Crippen molar-refractivity contribution in [3.8, 4) is 0 Å². The maximum absolute atomic E-state index is 6.09. The molecule has 1 heterocycles. The van der Waals surface area contributed by atoms with E-state index in [1.165, 1.54) is 5.39 Å². The highest BCUT2D eigenvalue weighted by atomic mass is 15.0. The van der Waals surface area contributed by atoms with Crippen molar-refractivity contribution in [1.82, 2.24) is 4.98 Å². The fourth-order valence-electron chi connectivity index (χ4n) is 2.32. The van der Waals surface area contributed by atoms with Gasteiger partial charge in [0.25, 0.3) is 0 Å². The smallest absolute Gasteiger partial charge is 0.129 e. The molecule has 0 aliphatic rings. The second-order valence-electron chi connectivity index (χ2n) is 5.62. The lowest BCUT2D eigenvalue weighted by molar-refractivity contribution is 0.508.